The van der Waals surface area contributed by atoms with Gasteiger partial charge in [0.1, 0.15) is 0 Å². The van der Waals surface area contributed by atoms with Crippen LogP contribution >= 0.6 is 11.3 Å². The molecule has 110 valence electrons. The van der Waals surface area contributed by atoms with Crippen molar-refractivity contribution < 1.29 is 9.53 Å². The van der Waals surface area contributed by atoms with E-state index in [0.717, 1.165) is 23.6 Å². The maximum Gasteiger partial charge on any atom is 0.264 e. The molecule has 1 aliphatic carbocycles. The predicted octanol–water partition coefficient (Wildman–Crippen LogP) is 3.12. The number of carbonyl (C=O) groups is 1. The van der Waals surface area contributed by atoms with Gasteiger partial charge in [-0.15, -0.1) is 11.3 Å². The first-order valence-corrected chi connectivity index (χ1v) is 8.41. The van der Waals surface area contributed by atoms with E-state index in [-0.39, 0.29) is 18.1 Å². The fraction of sp³-hybridized carbons (Fsp3) is 0.688. The molecule has 3 rings (SSSR count). The number of amides is 1. The standard InChI is InChI=1S/C16H23NO2S/c1-10-4-5-14-13(6-10)7-15(20-14)16(18)17-8-11(2)19-12(3)9-17/h7,10-12H,4-6,8-9H2,1-3H3/t10-,11+,12+/m1/s1. The number of ether oxygens (including phenoxy) is 1. The number of morpholine rings is 1. The van der Waals surface area contributed by atoms with Gasteiger partial charge in [0, 0.05) is 18.0 Å². The van der Waals surface area contributed by atoms with Crippen LogP contribution in [-0.2, 0) is 17.6 Å². The second kappa shape index (κ2) is 5.49. The number of nitrogens with zero attached hydrogens (tertiary/aromatic N) is 1. The lowest BCUT2D eigenvalue weighted by Gasteiger charge is -2.35. The maximum atomic E-state index is 12.7. The summed E-state index contributed by atoms with van der Waals surface area (Å²) in [5, 5.41) is 0. The van der Waals surface area contributed by atoms with Gasteiger partial charge in [0.05, 0.1) is 17.1 Å². The van der Waals surface area contributed by atoms with Gasteiger partial charge in [-0.25, -0.2) is 0 Å². The lowest BCUT2D eigenvalue weighted by Crippen LogP contribution is -2.48. The molecule has 0 saturated carbocycles. The number of thiophene rings is 1. The Morgan fingerprint density at radius 1 is 1.30 bits per heavy atom. The van der Waals surface area contributed by atoms with Gasteiger partial charge in [0.25, 0.3) is 5.91 Å². The number of fused-ring (bicyclic) bond motifs is 1. The van der Waals surface area contributed by atoms with Crippen LogP contribution in [0.1, 0.15) is 47.3 Å². The van der Waals surface area contributed by atoms with E-state index in [1.54, 1.807) is 11.3 Å². The van der Waals surface area contributed by atoms with Crippen LogP contribution in [-0.4, -0.2) is 36.1 Å². The van der Waals surface area contributed by atoms with Crippen molar-refractivity contribution in [1.82, 2.24) is 4.90 Å². The molecular formula is C16H23NO2S. The third-order valence-electron chi connectivity index (χ3n) is 4.25. The molecule has 1 aromatic rings. The fourth-order valence-corrected chi connectivity index (χ4v) is 4.49. The van der Waals surface area contributed by atoms with Crippen molar-refractivity contribution in [1.29, 1.82) is 0 Å². The van der Waals surface area contributed by atoms with Gasteiger partial charge >= 0.3 is 0 Å². The second-order valence-electron chi connectivity index (χ2n) is 6.37. The first-order valence-electron chi connectivity index (χ1n) is 7.59. The highest BCUT2D eigenvalue weighted by molar-refractivity contribution is 7.14. The highest BCUT2D eigenvalue weighted by Gasteiger charge is 2.28. The Kier molecular flexibility index (Phi) is 3.87. The lowest BCUT2D eigenvalue weighted by molar-refractivity contribution is -0.0585. The highest BCUT2D eigenvalue weighted by Crippen LogP contribution is 2.33. The topological polar surface area (TPSA) is 29.5 Å². The van der Waals surface area contributed by atoms with Crippen molar-refractivity contribution in [3.63, 3.8) is 0 Å². The van der Waals surface area contributed by atoms with Crippen LogP contribution in [0.3, 0.4) is 0 Å². The fourth-order valence-electron chi connectivity index (χ4n) is 3.31. The van der Waals surface area contributed by atoms with Crippen LogP contribution in [0.2, 0.25) is 0 Å². The van der Waals surface area contributed by atoms with Gasteiger partial charge in [-0.05, 0) is 50.7 Å². The summed E-state index contributed by atoms with van der Waals surface area (Å²) < 4.78 is 5.71. The molecule has 0 bridgehead atoms. The SMILES string of the molecule is C[C@@H]1CCc2sc(C(=O)N3C[C@H](C)O[C@@H](C)C3)cc2C1. The van der Waals surface area contributed by atoms with Crippen LogP contribution in [0.4, 0.5) is 0 Å². The monoisotopic (exact) mass is 293 g/mol. The average Bonchev–Trinajstić information content (AvgIpc) is 2.79. The van der Waals surface area contributed by atoms with Crippen LogP contribution in [0.5, 0.6) is 0 Å². The number of hydrogen-bond acceptors (Lipinski definition) is 3. The summed E-state index contributed by atoms with van der Waals surface area (Å²) in [5.74, 6) is 0.947. The van der Waals surface area contributed by atoms with E-state index in [4.69, 9.17) is 4.74 Å². The second-order valence-corrected chi connectivity index (χ2v) is 7.51. The molecular weight excluding hydrogens is 270 g/mol. The van der Waals surface area contributed by atoms with Gasteiger partial charge in [0.2, 0.25) is 0 Å². The van der Waals surface area contributed by atoms with Gasteiger partial charge in [0.15, 0.2) is 0 Å². The molecule has 4 heteroatoms. The summed E-state index contributed by atoms with van der Waals surface area (Å²) in [6.45, 7) is 7.80. The smallest absolute Gasteiger partial charge is 0.264 e. The minimum atomic E-state index is 0.136. The minimum absolute atomic E-state index is 0.136. The molecule has 0 unspecified atom stereocenters. The highest BCUT2D eigenvalue weighted by atomic mass is 32.1. The van der Waals surface area contributed by atoms with Crippen molar-refractivity contribution in [2.24, 2.45) is 5.92 Å². The normalized spacial score (nSPS) is 30.1. The minimum Gasteiger partial charge on any atom is -0.372 e. The zero-order chi connectivity index (χ0) is 14.3. The first-order chi connectivity index (χ1) is 9.52. The summed E-state index contributed by atoms with van der Waals surface area (Å²) in [7, 11) is 0. The van der Waals surface area contributed by atoms with Crippen molar-refractivity contribution in [2.75, 3.05) is 13.1 Å². The summed E-state index contributed by atoms with van der Waals surface area (Å²) in [6, 6.07) is 2.14. The summed E-state index contributed by atoms with van der Waals surface area (Å²) in [4.78, 5) is 17.0. The molecule has 2 heterocycles. The van der Waals surface area contributed by atoms with E-state index in [1.807, 2.05) is 18.7 Å². The van der Waals surface area contributed by atoms with E-state index in [9.17, 15) is 4.79 Å². The Bertz CT molecular complexity index is 501. The van der Waals surface area contributed by atoms with Gasteiger partial charge in [-0.3, -0.25) is 4.79 Å². The predicted molar refractivity (Wildman–Crippen MR) is 81.4 cm³/mol. The number of carbonyl (C=O) groups excluding carboxylic acids is 1. The molecule has 0 N–H and O–H groups in total. The molecule has 1 fully saturated rings. The molecule has 1 aliphatic heterocycles. The van der Waals surface area contributed by atoms with Gasteiger partial charge < -0.3 is 9.64 Å². The molecule has 1 saturated heterocycles. The third kappa shape index (κ3) is 2.77. The molecule has 3 nitrogen and oxygen atoms in total. The van der Waals surface area contributed by atoms with Crippen molar-refractivity contribution >= 4 is 17.2 Å². The molecule has 20 heavy (non-hydrogen) atoms. The Morgan fingerprint density at radius 3 is 2.70 bits per heavy atom. The third-order valence-corrected chi connectivity index (χ3v) is 5.47. The van der Waals surface area contributed by atoms with Gasteiger partial charge in [-0.1, -0.05) is 6.92 Å². The first kappa shape index (κ1) is 14.1. The van der Waals surface area contributed by atoms with Crippen molar-refractivity contribution in [3.05, 3.63) is 21.4 Å². The van der Waals surface area contributed by atoms with Gasteiger partial charge in [-0.2, -0.15) is 0 Å². The zero-order valence-corrected chi connectivity index (χ0v) is 13.3. The maximum absolute atomic E-state index is 12.7. The zero-order valence-electron chi connectivity index (χ0n) is 12.5. The number of rotatable bonds is 1. The Balaban J connectivity index is 1.77. The lowest BCUT2D eigenvalue weighted by atomic mass is 9.90. The molecule has 1 aromatic heterocycles. The Morgan fingerprint density at radius 2 is 2.00 bits per heavy atom. The van der Waals surface area contributed by atoms with Crippen molar-refractivity contribution in [3.8, 4) is 0 Å². The van der Waals surface area contributed by atoms with E-state index in [0.29, 0.717) is 13.1 Å². The largest absolute Gasteiger partial charge is 0.372 e. The molecule has 2 aliphatic rings. The molecule has 0 radical (unpaired) electrons. The Labute approximate surface area is 124 Å². The molecule has 0 aromatic carbocycles. The average molecular weight is 293 g/mol. The molecule has 1 amide bonds. The summed E-state index contributed by atoms with van der Waals surface area (Å²) in [5.41, 5.74) is 1.41. The van der Waals surface area contributed by atoms with Crippen molar-refractivity contribution in [2.45, 2.75) is 52.2 Å². The molecule has 0 spiro atoms. The molecule has 3 atom stereocenters. The van der Waals surface area contributed by atoms with E-state index in [1.165, 1.54) is 16.9 Å². The quantitative estimate of drug-likeness (QED) is 0.796. The number of hydrogen-bond donors (Lipinski definition) is 0. The number of aryl methyl sites for hydroxylation is 1. The van der Waals surface area contributed by atoms with E-state index in [2.05, 4.69) is 13.0 Å². The van der Waals surface area contributed by atoms with E-state index < -0.39 is 0 Å². The van der Waals surface area contributed by atoms with Crippen LogP contribution in [0, 0.1) is 5.92 Å². The summed E-state index contributed by atoms with van der Waals surface area (Å²) >= 11 is 1.71. The van der Waals surface area contributed by atoms with Crippen LogP contribution in [0.25, 0.3) is 0 Å². The van der Waals surface area contributed by atoms with E-state index >= 15 is 0 Å². The Hall–Kier alpha value is -0.870. The van der Waals surface area contributed by atoms with Crippen LogP contribution < -0.4 is 0 Å². The summed E-state index contributed by atoms with van der Waals surface area (Å²) in [6.07, 6.45) is 3.81. The van der Waals surface area contributed by atoms with Crippen LogP contribution in [0.15, 0.2) is 6.07 Å².